The second-order valence-electron chi connectivity index (χ2n) is 5.56. The molecule has 0 fully saturated rings. The maximum absolute atomic E-state index is 12.4. The Balaban J connectivity index is 1.61. The highest BCUT2D eigenvalue weighted by Gasteiger charge is 2.15. The first-order valence-electron chi connectivity index (χ1n) is 7.59. The van der Waals surface area contributed by atoms with E-state index in [-0.39, 0.29) is 5.78 Å². The summed E-state index contributed by atoms with van der Waals surface area (Å²) in [5, 5.41) is 12.7. The van der Waals surface area contributed by atoms with Crippen LogP contribution in [0.3, 0.4) is 0 Å². The van der Waals surface area contributed by atoms with Gasteiger partial charge in [-0.05, 0) is 38.1 Å². The summed E-state index contributed by atoms with van der Waals surface area (Å²) in [4.78, 5) is 12.4. The number of nitrogens with one attached hydrogen (secondary N) is 1. The Morgan fingerprint density at radius 2 is 2.12 bits per heavy atom. The first-order chi connectivity index (χ1) is 11.9. The summed E-state index contributed by atoms with van der Waals surface area (Å²) in [6.45, 7) is 3.96. The Labute approximate surface area is 159 Å². The van der Waals surface area contributed by atoms with Crippen molar-refractivity contribution < 1.29 is 4.79 Å². The molecule has 0 radical (unpaired) electrons. The number of benzene rings is 1. The van der Waals surface area contributed by atoms with Gasteiger partial charge in [0.2, 0.25) is 5.13 Å². The molecule has 0 saturated carbocycles. The Hall–Kier alpha value is -1.83. The van der Waals surface area contributed by atoms with Crippen molar-refractivity contribution in [3.05, 3.63) is 52.3 Å². The third-order valence-electron chi connectivity index (χ3n) is 3.88. The monoisotopic (exact) mass is 392 g/mol. The van der Waals surface area contributed by atoms with Gasteiger partial charge in [0.1, 0.15) is 0 Å². The van der Waals surface area contributed by atoms with Gasteiger partial charge in [-0.25, -0.2) is 0 Å². The summed E-state index contributed by atoms with van der Waals surface area (Å²) < 4.78 is 2.78. The molecule has 0 spiro atoms. The summed E-state index contributed by atoms with van der Waals surface area (Å²) >= 11 is 8.78. The second-order valence-corrected chi connectivity index (χ2v) is 8.20. The van der Waals surface area contributed by atoms with Crippen LogP contribution in [0.5, 0.6) is 0 Å². The van der Waals surface area contributed by atoms with Crippen LogP contribution in [0.4, 0.5) is 10.8 Å². The lowest BCUT2D eigenvalue weighted by Crippen LogP contribution is -2.04. The number of hydrogen-bond acceptors (Lipinski definition) is 6. The number of ketones is 1. The molecule has 0 aliphatic carbocycles. The molecule has 0 aliphatic heterocycles. The Bertz CT molecular complexity index is 919. The normalized spacial score (nSPS) is 10.9. The maximum atomic E-state index is 12.4. The molecule has 1 N–H and O–H groups in total. The molecular formula is C17H17ClN4OS2. The highest BCUT2D eigenvalue weighted by atomic mass is 35.5. The first kappa shape index (κ1) is 18.0. The van der Waals surface area contributed by atoms with Crippen molar-refractivity contribution in [1.82, 2.24) is 14.8 Å². The van der Waals surface area contributed by atoms with Gasteiger partial charge in [0.05, 0.1) is 5.75 Å². The lowest BCUT2D eigenvalue weighted by Gasteiger charge is -2.01. The van der Waals surface area contributed by atoms with Gasteiger partial charge in [-0.3, -0.25) is 4.79 Å². The van der Waals surface area contributed by atoms with Crippen LogP contribution in [0.2, 0.25) is 5.02 Å². The van der Waals surface area contributed by atoms with E-state index >= 15 is 0 Å². The number of halogens is 1. The molecule has 0 atom stereocenters. The van der Waals surface area contributed by atoms with Crippen molar-refractivity contribution >= 4 is 51.3 Å². The van der Waals surface area contributed by atoms with Crippen LogP contribution >= 0.6 is 34.7 Å². The average Bonchev–Trinajstić information content (AvgIpc) is 3.12. The molecule has 25 heavy (non-hydrogen) atoms. The molecule has 0 amide bonds. The fourth-order valence-corrected chi connectivity index (χ4v) is 4.20. The zero-order chi connectivity index (χ0) is 18.0. The van der Waals surface area contributed by atoms with E-state index in [1.807, 2.05) is 55.8 Å². The van der Waals surface area contributed by atoms with Crippen molar-refractivity contribution in [1.29, 1.82) is 0 Å². The minimum atomic E-state index is 0.103. The molecule has 0 saturated heterocycles. The van der Waals surface area contributed by atoms with Gasteiger partial charge in [0, 0.05) is 34.7 Å². The van der Waals surface area contributed by atoms with E-state index in [0.717, 1.165) is 27.0 Å². The molecule has 0 unspecified atom stereocenters. The van der Waals surface area contributed by atoms with Crippen molar-refractivity contribution in [3.8, 4) is 0 Å². The van der Waals surface area contributed by atoms with Gasteiger partial charge >= 0.3 is 0 Å². The summed E-state index contributed by atoms with van der Waals surface area (Å²) in [5.41, 5.74) is 3.69. The van der Waals surface area contributed by atoms with Crippen LogP contribution < -0.4 is 5.32 Å². The van der Waals surface area contributed by atoms with Crippen molar-refractivity contribution in [2.75, 3.05) is 11.1 Å². The van der Waals surface area contributed by atoms with Crippen LogP contribution in [-0.2, 0) is 7.05 Å². The number of hydrogen-bond donors (Lipinski definition) is 1. The molecule has 2 heterocycles. The summed E-state index contributed by atoms with van der Waals surface area (Å²) in [5.74, 6) is 0.446. The third kappa shape index (κ3) is 4.23. The predicted octanol–water partition coefficient (Wildman–Crippen LogP) is 4.87. The quantitative estimate of drug-likeness (QED) is 0.479. The fourth-order valence-electron chi connectivity index (χ4n) is 2.35. The van der Waals surface area contributed by atoms with Crippen LogP contribution in [-0.4, -0.2) is 26.3 Å². The number of anilines is 2. The number of carbonyl (C=O) groups is 1. The highest BCUT2D eigenvalue weighted by molar-refractivity contribution is 8.01. The minimum Gasteiger partial charge on any atom is -0.351 e. The van der Waals surface area contributed by atoms with Gasteiger partial charge in [-0.2, -0.15) is 0 Å². The van der Waals surface area contributed by atoms with E-state index in [4.69, 9.17) is 11.6 Å². The van der Waals surface area contributed by atoms with Gasteiger partial charge in [-0.15, -0.1) is 10.2 Å². The zero-order valence-electron chi connectivity index (χ0n) is 14.0. The van der Waals surface area contributed by atoms with E-state index in [0.29, 0.717) is 15.9 Å². The number of thioether (sulfide) groups is 1. The Morgan fingerprint density at radius 1 is 1.32 bits per heavy atom. The molecule has 5 nitrogen and oxygen atoms in total. The summed E-state index contributed by atoms with van der Waals surface area (Å²) in [7, 11) is 1.97. The summed E-state index contributed by atoms with van der Waals surface area (Å²) in [6.07, 6.45) is 0. The average molecular weight is 393 g/mol. The number of nitrogens with zero attached hydrogens (tertiary/aromatic N) is 3. The molecule has 0 bridgehead atoms. The van der Waals surface area contributed by atoms with Crippen molar-refractivity contribution in [2.45, 2.75) is 18.2 Å². The van der Waals surface area contributed by atoms with Crippen LogP contribution in [0.1, 0.15) is 21.7 Å². The van der Waals surface area contributed by atoms with Crippen LogP contribution in [0.25, 0.3) is 0 Å². The van der Waals surface area contributed by atoms with Gasteiger partial charge in [0.15, 0.2) is 10.1 Å². The molecule has 8 heteroatoms. The van der Waals surface area contributed by atoms with E-state index < -0.39 is 0 Å². The second kappa shape index (κ2) is 7.59. The van der Waals surface area contributed by atoms with Crippen LogP contribution in [0, 0.1) is 13.8 Å². The Morgan fingerprint density at radius 3 is 2.80 bits per heavy atom. The van der Waals surface area contributed by atoms with E-state index in [1.54, 1.807) is 0 Å². The molecular weight excluding hydrogens is 376 g/mol. The maximum Gasteiger partial charge on any atom is 0.210 e. The van der Waals surface area contributed by atoms with Crippen molar-refractivity contribution in [3.63, 3.8) is 0 Å². The number of Topliss-reactive ketones (excluding diaryl/α,β-unsaturated/α-hetero) is 1. The lowest BCUT2D eigenvalue weighted by molar-refractivity contribution is 0.102. The largest absolute Gasteiger partial charge is 0.351 e. The van der Waals surface area contributed by atoms with Gasteiger partial charge < -0.3 is 9.88 Å². The number of rotatable bonds is 6. The minimum absolute atomic E-state index is 0.103. The summed E-state index contributed by atoms with van der Waals surface area (Å²) in [6, 6.07) is 9.34. The third-order valence-corrected chi connectivity index (χ3v) is 6.09. The molecule has 3 aromatic rings. The number of aromatic nitrogens is 3. The van der Waals surface area contributed by atoms with Gasteiger partial charge in [0.25, 0.3) is 0 Å². The highest BCUT2D eigenvalue weighted by Crippen LogP contribution is 2.29. The van der Waals surface area contributed by atoms with E-state index in [1.165, 1.54) is 23.1 Å². The zero-order valence-corrected chi connectivity index (χ0v) is 16.4. The molecule has 0 aliphatic rings. The number of carbonyl (C=O) groups excluding carboxylic acids is 1. The lowest BCUT2D eigenvalue weighted by atomic mass is 10.2. The predicted molar refractivity (Wildman–Crippen MR) is 105 cm³/mol. The van der Waals surface area contributed by atoms with Crippen molar-refractivity contribution in [2.24, 2.45) is 7.05 Å². The Kier molecular flexibility index (Phi) is 5.46. The fraction of sp³-hybridized carbons (Fsp3) is 0.235. The molecule has 3 rings (SSSR count). The van der Waals surface area contributed by atoms with E-state index in [2.05, 4.69) is 15.5 Å². The topological polar surface area (TPSA) is 59.8 Å². The van der Waals surface area contributed by atoms with E-state index in [9.17, 15) is 4.79 Å². The number of aryl methyl sites for hydroxylation is 1. The standard InChI is InChI=1S/C17H17ClN4OS2/c1-10-7-14(11(2)22(10)3)15(23)9-24-17-21-20-16(25-17)19-13-6-4-5-12(18)8-13/h4-8H,9H2,1-3H3,(H,19,20). The molecule has 2 aromatic heterocycles. The smallest absolute Gasteiger partial charge is 0.210 e. The first-order valence-corrected chi connectivity index (χ1v) is 9.77. The van der Waals surface area contributed by atoms with Gasteiger partial charge in [-0.1, -0.05) is 40.8 Å². The molecule has 1 aromatic carbocycles. The molecule has 130 valence electrons. The SMILES string of the molecule is Cc1cc(C(=O)CSc2nnc(Nc3cccc(Cl)c3)s2)c(C)n1C. The van der Waals surface area contributed by atoms with Crippen LogP contribution in [0.15, 0.2) is 34.7 Å².